The van der Waals surface area contributed by atoms with Gasteiger partial charge in [-0.25, -0.2) is 9.50 Å². The molecule has 218 valence electrons. The maximum atomic E-state index is 13.4. The fourth-order valence-corrected chi connectivity index (χ4v) is 6.18. The maximum absolute atomic E-state index is 13.4. The zero-order chi connectivity index (χ0) is 29.1. The van der Waals surface area contributed by atoms with Crippen molar-refractivity contribution in [2.24, 2.45) is 23.2 Å². The van der Waals surface area contributed by atoms with Crippen LogP contribution in [0.2, 0.25) is 0 Å². The number of carboxylic acids is 1. The van der Waals surface area contributed by atoms with Gasteiger partial charge in [0.2, 0.25) is 5.91 Å². The van der Waals surface area contributed by atoms with Gasteiger partial charge in [0.1, 0.15) is 11.7 Å². The number of fused-ring (bicyclic) bond motifs is 1. The number of hydrogen-bond donors (Lipinski definition) is 3. The van der Waals surface area contributed by atoms with E-state index in [-0.39, 0.29) is 17.4 Å². The number of aliphatic carboxylic acids is 1. The monoisotopic (exact) mass is 573 g/mol. The Balaban J connectivity index is 1.31. The third-order valence-corrected chi connectivity index (χ3v) is 8.57. The topological polar surface area (TPSA) is 144 Å². The van der Waals surface area contributed by atoms with Gasteiger partial charge in [-0.1, -0.05) is 0 Å². The Bertz CT molecular complexity index is 1500. The van der Waals surface area contributed by atoms with Gasteiger partial charge in [-0.2, -0.15) is 23.4 Å². The summed E-state index contributed by atoms with van der Waals surface area (Å²) in [6, 6.07) is 0.559. The van der Waals surface area contributed by atoms with Crippen molar-refractivity contribution in [1.82, 2.24) is 35.0 Å². The fraction of sp³-hybridized carbons (Fsp3) is 0.556. The van der Waals surface area contributed by atoms with Gasteiger partial charge >= 0.3 is 12.1 Å². The van der Waals surface area contributed by atoms with Crippen molar-refractivity contribution in [2.45, 2.75) is 70.3 Å². The van der Waals surface area contributed by atoms with E-state index in [2.05, 4.69) is 15.5 Å². The van der Waals surface area contributed by atoms with Crippen LogP contribution in [0.25, 0.3) is 5.65 Å². The van der Waals surface area contributed by atoms with Crippen molar-refractivity contribution in [3.05, 3.63) is 47.7 Å². The first-order valence-corrected chi connectivity index (χ1v) is 13.8. The summed E-state index contributed by atoms with van der Waals surface area (Å²) in [7, 11) is 0. The number of aromatic nitrogens is 5. The number of amides is 2. The number of aryl methyl sites for hydroxylation is 1. The molecule has 0 aromatic carbocycles. The van der Waals surface area contributed by atoms with Crippen molar-refractivity contribution in [2.75, 3.05) is 0 Å². The number of imidazole rings is 1. The fourth-order valence-electron chi connectivity index (χ4n) is 6.18. The molecule has 1 saturated heterocycles. The Morgan fingerprint density at radius 1 is 1.22 bits per heavy atom. The Kier molecular flexibility index (Phi) is 6.53. The Morgan fingerprint density at radius 3 is 2.51 bits per heavy atom. The lowest BCUT2D eigenvalue weighted by Crippen LogP contribution is -2.41. The van der Waals surface area contributed by atoms with Crippen molar-refractivity contribution in [3.8, 4) is 0 Å². The number of hydrogen-bond acceptors (Lipinski definition) is 6. The van der Waals surface area contributed by atoms with E-state index in [4.69, 9.17) is 4.98 Å². The zero-order valence-corrected chi connectivity index (χ0v) is 22.3. The average molecular weight is 574 g/mol. The first-order valence-electron chi connectivity index (χ1n) is 13.8. The number of rotatable bonds is 10. The number of carboxylic acid groups (broad SMARTS) is 1. The smallest absolute Gasteiger partial charge is 0.408 e. The minimum atomic E-state index is -4.76. The number of carbonyl (C=O) groups excluding carboxylic acids is 2. The SMILES string of the molecule is CCn1nccc1C(=O)NC(c1cn2ncc(CC3(C(=O)O)C[C@@H](C(F)(F)F)NC3=O)cc2n1)C(C1CC1)C1CC1. The number of halogens is 3. The lowest BCUT2D eigenvalue weighted by molar-refractivity contribution is -0.157. The van der Waals surface area contributed by atoms with Crippen molar-refractivity contribution in [3.63, 3.8) is 0 Å². The second-order valence-electron chi connectivity index (χ2n) is 11.4. The molecule has 0 spiro atoms. The van der Waals surface area contributed by atoms with Crippen LogP contribution in [0.1, 0.15) is 66.8 Å². The summed E-state index contributed by atoms with van der Waals surface area (Å²) in [5.74, 6) is -1.94. The Morgan fingerprint density at radius 2 is 1.93 bits per heavy atom. The van der Waals surface area contributed by atoms with E-state index >= 15 is 0 Å². The van der Waals surface area contributed by atoms with Gasteiger partial charge in [-0.15, -0.1) is 0 Å². The lowest BCUT2D eigenvalue weighted by Gasteiger charge is -2.27. The molecule has 6 rings (SSSR count). The van der Waals surface area contributed by atoms with E-state index in [1.54, 1.807) is 28.5 Å². The summed E-state index contributed by atoms with van der Waals surface area (Å²) >= 11 is 0. The minimum Gasteiger partial charge on any atom is -0.480 e. The first-order chi connectivity index (χ1) is 19.5. The number of nitrogens with zero attached hydrogens (tertiary/aromatic N) is 5. The van der Waals surface area contributed by atoms with Crippen molar-refractivity contribution < 1.29 is 32.7 Å². The minimum absolute atomic E-state index is 0.193. The highest BCUT2D eigenvalue weighted by Crippen LogP contribution is 2.54. The predicted octanol–water partition coefficient (Wildman–Crippen LogP) is 2.92. The van der Waals surface area contributed by atoms with E-state index in [1.807, 2.05) is 6.92 Å². The molecule has 0 bridgehead atoms. The predicted molar refractivity (Wildman–Crippen MR) is 136 cm³/mol. The third kappa shape index (κ3) is 5.04. The number of carbonyl (C=O) groups is 3. The molecule has 3 aliphatic rings. The van der Waals surface area contributed by atoms with Crippen LogP contribution in [0.3, 0.4) is 0 Å². The average Bonchev–Trinajstić information content (AvgIpc) is 3.81. The van der Waals surface area contributed by atoms with Gasteiger partial charge in [0.15, 0.2) is 11.1 Å². The molecule has 3 N–H and O–H groups in total. The summed E-state index contributed by atoms with van der Waals surface area (Å²) in [4.78, 5) is 42.7. The first kappa shape index (κ1) is 27.2. The van der Waals surface area contributed by atoms with Gasteiger partial charge < -0.3 is 15.7 Å². The van der Waals surface area contributed by atoms with Crippen LogP contribution >= 0.6 is 0 Å². The van der Waals surface area contributed by atoms with E-state index < -0.39 is 48.4 Å². The quantitative estimate of drug-likeness (QED) is 0.317. The zero-order valence-electron chi connectivity index (χ0n) is 22.3. The number of nitrogens with one attached hydrogen (secondary N) is 2. The normalized spacial score (nSPS) is 23.6. The van der Waals surface area contributed by atoms with Gasteiger partial charge in [-0.3, -0.25) is 19.1 Å². The molecule has 2 unspecified atom stereocenters. The summed E-state index contributed by atoms with van der Waals surface area (Å²) < 4.78 is 43.0. The van der Waals surface area contributed by atoms with E-state index in [0.717, 1.165) is 25.7 Å². The van der Waals surface area contributed by atoms with Crippen LogP contribution in [0.15, 0.2) is 30.7 Å². The molecule has 2 aliphatic carbocycles. The highest BCUT2D eigenvalue weighted by Gasteiger charge is 2.59. The molecular formula is C27H30F3N7O4. The van der Waals surface area contributed by atoms with Crippen LogP contribution in [-0.2, 0) is 22.6 Å². The molecule has 3 aromatic rings. The largest absolute Gasteiger partial charge is 0.480 e. The number of alkyl halides is 3. The molecular weight excluding hydrogens is 543 g/mol. The van der Waals surface area contributed by atoms with Crippen molar-refractivity contribution >= 4 is 23.4 Å². The van der Waals surface area contributed by atoms with Crippen LogP contribution in [0.4, 0.5) is 13.2 Å². The molecule has 3 fully saturated rings. The third-order valence-electron chi connectivity index (χ3n) is 8.57. The highest BCUT2D eigenvalue weighted by atomic mass is 19.4. The van der Waals surface area contributed by atoms with Gasteiger partial charge in [0.05, 0.1) is 24.1 Å². The summed E-state index contributed by atoms with van der Waals surface area (Å²) in [6.07, 6.45) is 2.79. The van der Waals surface area contributed by atoms with Crippen LogP contribution in [0, 0.1) is 23.2 Å². The van der Waals surface area contributed by atoms with E-state index in [1.165, 1.54) is 16.8 Å². The van der Waals surface area contributed by atoms with E-state index in [0.29, 0.717) is 35.4 Å². The summed E-state index contributed by atoms with van der Waals surface area (Å²) in [5, 5.41) is 23.3. The summed E-state index contributed by atoms with van der Waals surface area (Å²) in [5.41, 5.74) is -0.635. The highest BCUT2D eigenvalue weighted by molar-refractivity contribution is 6.04. The molecule has 2 amide bonds. The van der Waals surface area contributed by atoms with E-state index in [9.17, 15) is 32.7 Å². The molecule has 11 nitrogen and oxygen atoms in total. The van der Waals surface area contributed by atoms with Crippen molar-refractivity contribution in [1.29, 1.82) is 0 Å². The molecule has 4 heterocycles. The molecule has 0 radical (unpaired) electrons. The lowest BCUT2D eigenvalue weighted by atomic mass is 9.79. The molecule has 2 saturated carbocycles. The van der Waals surface area contributed by atoms with Gasteiger partial charge in [0.25, 0.3) is 5.91 Å². The molecule has 1 aliphatic heterocycles. The van der Waals surface area contributed by atoms with Crippen LogP contribution < -0.4 is 10.6 Å². The maximum Gasteiger partial charge on any atom is 0.408 e. The second-order valence-corrected chi connectivity index (χ2v) is 11.4. The summed E-state index contributed by atoms with van der Waals surface area (Å²) in [6.45, 7) is 2.44. The molecule has 3 atom stereocenters. The second kappa shape index (κ2) is 9.84. The standard InChI is InChI=1S/C27H30F3N7O4/c1-2-36-18(7-8-31-36)23(38)35-22(21(15-3-4-15)16-5-6-16)17-13-37-20(33-17)9-14(12-32-37)10-26(25(40)41)11-19(27(28,29)30)34-24(26)39/h7-9,12-13,15-16,19,21-22H,2-6,10-11H2,1H3,(H,34,39)(H,35,38)(H,40,41)/t19-,22?,26?/m0/s1. The molecule has 41 heavy (non-hydrogen) atoms. The van der Waals surface area contributed by atoms with Crippen LogP contribution in [-0.4, -0.2) is 59.5 Å². The van der Waals surface area contributed by atoms with Gasteiger partial charge in [0, 0.05) is 19.2 Å². The Labute approximate surface area is 232 Å². The Hall–Kier alpha value is -3.97. The molecule has 14 heteroatoms. The van der Waals surface area contributed by atoms with Crippen LogP contribution in [0.5, 0.6) is 0 Å². The molecule has 3 aromatic heterocycles. The van der Waals surface area contributed by atoms with Gasteiger partial charge in [-0.05, 0) is 74.5 Å².